The number of anilines is 2. The highest BCUT2D eigenvalue weighted by molar-refractivity contribution is 6.33. The van der Waals surface area contributed by atoms with Crippen LogP contribution in [0.3, 0.4) is 0 Å². The van der Waals surface area contributed by atoms with Crippen LogP contribution in [0.25, 0.3) is 0 Å². The van der Waals surface area contributed by atoms with Crippen molar-refractivity contribution in [1.82, 2.24) is 0 Å². The molecule has 0 aromatic heterocycles. The number of amides is 2. The van der Waals surface area contributed by atoms with E-state index in [1.54, 1.807) is 82.6 Å². The number of carbonyl (C=O) groups is 4. The summed E-state index contributed by atoms with van der Waals surface area (Å²) in [6.45, 7) is 4.60. The molecule has 56 heavy (non-hydrogen) atoms. The van der Waals surface area contributed by atoms with Gasteiger partial charge in [-0.15, -0.1) is 0 Å². The van der Waals surface area contributed by atoms with Crippen molar-refractivity contribution in [2.75, 3.05) is 22.9 Å². The van der Waals surface area contributed by atoms with Gasteiger partial charge in [0.05, 0.1) is 32.3 Å². The van der Waals surface area contributed by atoms with Crippen LogP contribution in [0.15, 0.2) is 84.9 Å². The van der Waals surface area contributed by atoms with Crippen LogP contribution in [-0.4, -0.2) is 49.1 Å². The van der Waals surface area contributed by atoms with Crippen molar-refractivity contribution in [2.45, 2.75) is 51.7 Å². The van der Waals surface area contributed by atoms with E-state index >= 15 is 0 Å². The molecular weight excluding hydrogens is 751 g/mol. The molecule has 2 heterocycles. The number of benzene rings is 4. The van der Waals surface area contributed by atoms with Gasteiger partial charge in [0, 0.05) is 48.1 Å². The number of esters is 2. The van der Waals surface area contributed by atoms with Crippen molar-refractivity contribution >= 4 is 58.3 Å². The zero-order chi connectivity index (χ0) is 39.7. The van der Waals surface area contributed by atoms with E-state index in [2.05, 4.69) is 12.1 Å². The minimum absolute atomic E-state index is 0.0334. The quantitative estimate of drug-likeness (QED) is 0.178. The molecule has 12 heteroatoms. The standard InChI is InChI=1S/2C22H19ClN2O3/c2*1-13-18(9-7-15(11-24)20(13)23)25-12-17-16(21(25)26)8-10-19(17)28-22(27)14-5-3-2-4-6-14/h2*2-7,9,16-17,19H,8,10,12H2,1H3/t2*16-,17-,19+/m10/s1. The Morgan fingerprint density at radius 3 is 1.34 bits per heavy atom. The van der Waals surface area contributed by atoms with Gasteiger partial charge in [0.2, 0.25) is 11.8 Å². The number of fused-ring (bicyclic) bond motifs is 2. The van der Waals surface area contributed by atoms with Crippen LogP contribution in [0, 0.1) is 60.2 Å². The second kappa shape index (κ2) is 16.2. The number of halogens is 2. The zero-order valence-electron chi connectivity index (χ0n) is 30.8. The number of ether oxygens (including phenoxy) is 2. The Kier molecular flexibility index (Phi) is 11.2. The number of hydrogen-bond acceptors (Lipinski definition) is 8. The van der Waals surface area contributed by atoms with Crippen LogP contribution >= 0.6 is 23.2 Å². The number of nitriles is 2. The molecule has 4 aromatic carbocycles. The van der Waals surface area contributed by atoms with E-state index in [-0.39, 0.29) is 59.6 Å². The summed E-state index contributed by atoms with van der Waals surface area (Å²) >= 11 is 12.6. The van der Waals surface area contributed by atoms with Gasteiger partial charge < -0.3 is 19.3 Å². The summed E-state index contributed by atoms with van der Waals surface area (Å²) in [5.74, 6) is -1.00. The smallest absolute Gasteiger partial charge is 0.338 e. The molecule has 10 nitrogen and oxygen atoms in total. The van der Waals surface area contributed by atoms with Crippen molar-refractivity contribution < 1.29 is 28.7 Å². The minimum Gasteiger partial charge on any atom is -0.458 e. The van der Waals surface area contributed by atoms with E-state index in [1.165, 1.54) is 0 Å². The Labute approximate surface area is 335 Å². The van der Waals surface area contributed by atoms with Gasteiger partial charge in [-0.1, -0.05) is 59.6 Å². The molecule has 2 saturated heterocycles. The fourth-order valence-corrected chi connectivity index (χ4v) is 8.96. The Morgan fingerprint density at radius 2 is 0.982 bits per heavy atom. The summed E-state index contributed by atoms with van der Waals surface area (Å²) < 4.78 is 11.5. The predicted molar refractivity (Wildman–Crippen MR) is 210 cm³/mol. The molecule has 2 aliphatic carbocycles. The lowest BCUT2D eigenvalue weighted by Gasteiger charge is -2.23. The second-order valence-corrected chi connectivity index (χ2v) is 15.3. The summed E-state index contributed by atoms with van der Waals surface area (Å²) in [7, 11) is 0. The molecule has 0 bridgehead atoms. The van der Waals surface area contributed by atoms with Crippen LogP contribution in [0.5, 0.6) is 0 Å². The van der Waals surface area contributed by atoms with E-state index in [0.717, 1.165) is 11.4 Å². The first kappa shape index (κ1) is 38.6. The Bertz CT molecular complexity index is 2130. The third kappa shape index (κ3) is 7.23. The summed E-state index contributed by atoms with van der Waals surface area (Å²) in [5, 5.41) is 19.0. The van der Waals surface area contributed by atoms with Crippen LogP contribution in [-0.2, 0) is 19.1 Å². The topological polar surface area (TPSA) is 141 Å². The average molecular weight is 790 g/mol. The molecule has 8 rings (SSSR count). The maximum absolute atomic E-state index is 13.0. The molecule has 6 atom stereocenters. The van der Waals surface area contributed by atoms with E-state index in [9.17, 15) is 19.2 Å². The van der Waals surface area contributed by atoms with Gasteiger partial charge in [-0.25, -0.2) is 9.59 Å². The van der Waals surface area contributed by atoms with Gasteiger partial charge in [0.15, 0.2) is 0 Å². The summed E-state index contributed by atoms with van der Waals surface area (Å²) in [6, 6.07) is 28.7. The summed E-state index contributed by atoms with van der Waals surface area (Å²) in [5.41, 5.74) is 4.68. The Balaban J connectivity index is 0.000000172. The molecule has 4 fully saturated rings. The summed E-state index contributed by atoms with van der Waals surface area (Å²) in [4.78, 5) is 54.3. The average Bonchev–Trinajstić information content (AvgIpc) is 3.98. The third-order valence-corrected chi connectivity index (χ3v) is 12.5. The van der Waals surface area contributed by atoms with Crippen molar-refractivity contribution in [2.24, 2.45) is 23.7 Å². The fraction of sp³-hybridized carbons (Fsp3) is 0.318. The minimum atomic E-state index is -0.352. The van der Waals surface area contributed by atoms with Gasteiger partial charge >= 0.3 is 11.9 Å². The van der Waals surface area contributed by atoms with Gasteiger partial charge in [-0.05, 0) is 99.2 Å². The maximum atomic E-state index is 13.0. The van der Waals surface area contributed by atoms with Crippen molar-refractivity contribution in [3.8, 4) is 12.1 Å². The van der Waals surface area contributed by atoms with Gasteiger partial charge in [-0.3, -0.25) is 9.59 Å². The highest BCUT2D eigenvalue weighted by Crippen LogP contribution is 2.45. The maximum Gasteiger partial charge on any atom is 0.338 e. The third-order valence-electron chi connectivity index (χ3n) is 11.5. The molecular formula is C44H38Cl2N4O6. The van der Waals surface area contributed by atoms with Crippen molar-refractivity contribution in [3.05, 3.63) is 128 Å². The summed E-state index contributed by atoms with van der Waals surface area (Å²) in [6.07, 6.45) is 2.24. The van der Waals surface area contributed by atoms with Crippen molar-refractivity contribution in [1.29, 1.82) is 10.5 Å². The Morgan fingerprint density at radius 1 is 0.607 bits per heavy atom. The SMILES string of the molecule is Cc1c(N2C[C@H]3[C@@H](OC(=O)c4ccccc4)CC[C@H]3C2=O)ccc(C#N)c1Cl.Cc1c(N2C[C@H]3[C@H](CC[C@H]3OC(=O)c3ccccc3)C2=O)ccc(C#N)c1Cl. The van der Waals surface area contributed by atoms with E-state index in [4.69, 9.17) is 43.2 Å². The van der Waals surface area contributed by atoms with Crippen molar-refractivity contribution in [3.63, 3.8) is 0 Å². The lowest BCUT2D eigenvalue weighted by atomic mass is 9.99. The molecule has 4 aliphatic rings. The van der Waals surface area contributed by atoms with E-state index < -0.39 is 0 Å². The largest absolute Gasteiger partial charge is 0.458 e. The van der Waals surface area contributed by atoms with E-state index in [0.29, 0.717) is 82.2 Å². The monoisotopic (exact) mass is 788 g/mol. The molecule has 0 unspecified atom stereocenters. The molecule has 2 amide bonds. The van der Waals surface area contributed by atoms with Gasteiger partial charge in [0.25, 0.3) is 0 Å². The lowest BCUT2D eigenvalue weighted by Crippen LogP contribution is -2.30. The Hall–Kier alpha value is -5.68. The fourth-order valence-electron chi connectivity index (χ4n) is 8.56. The first-order chi connectivity index (χ1) is 27.0. The molecule has 2 saturated carbocycles. The van der Waals surface area contributed by atoms with E-state index in [1.807, 2.05) is 26.0 Å². The van der Waals surface area contributed by atoms with Gasteiger partial charge in [-0.2, -0.15) is 10.5 Å². The number of rotatable bonds is 6. The molecule has 4 aromatic rings. The first-order valence-electron chi connectivity index (χ1n) is 18.6. The normalized spacial score (nSPS) is 23.4. The van der Waals surface area contributed by atoms with Crippen LogP contribution in [0.4, 0.5) is 11.4 Å². The number of nitrogens with zero attached hydrogens (tertiary/aromatic N) is 4. The highest BCUT2D eigenvalue weighted by atomic mass is 35.5. The molecule has 2 aliphatic heterocycles. The lowest BCUT2D eigenvalue weighted by molar-refractivity contribution is -0.121. The van der Waals surface area contributed by atoms with Crippen LogP contribution in [0.2, 0.25) is 10.0 Å². The first-order valence-corrected chi connectivity index (χ1v) is 19.3. The molecule has 0 N–H and O–H groups in total. The molecule has 0 radical (unpaired) electrons. The highest BCUT2D eigenvalue weighted by Gasteiger charge is 2.52. The van der Waals surface area contributed by atoms with Crippen LogP contribution < -0.4 is 9.80 Å². The second-order valence-electron chi connectivity index (χ2n) is 14.6. The van der Waals surface area contributed by atoms with Crippen LogP contribution in [0.1, 0.15) is 68.7 Å². The number of carbonyl (C=O) groups excluding carboxylic acids is 4. The molecule has 0 spiro atoms. The zero-order valence-corrected chi connectivity index (χ0v) is 32.3. The van der Waals surface area contributed by atoms with Gasteiger partial charge in [0.1, 0.15) is 24.3 Å². The predicted octanol–water partition coefficient (Wildman–Crippen LogP) is 8.24. The number of hydrogen-bond donors (Lipinski definition) is 0. The molecule has 284 valence electrons.